The molecule has 0 bridgehead atoms. The molecule has 0 spiro atoms. The number of ether oxygens (including phenoxy) is 1. The summed E-state index contributed by atoms with van der Waals surface area (Å²) >= 11 is 0. The quantitative estimate of drug-likeness (QED) is 0.818. The van der Waals surface area contributed by atoms with Gasteiger partial charge in [-0.2, -0.15) is 0 Å². The first-order chi connectivity index (χ1) is 8.13. The molecule has 0 amide bonds. The molecule has 1 aromatic rings. The average molecular weight is 237 g/mol. The molecule has 1 heterocycles. The third kappa shape index (κ3) is 2.46. The molecule has 1 aliphatic carbocycles. The molecule has 1 N–H and O–H groups in total. The molecule has 0 atom stereocenters. The number of aliphatic carboxylic acids is 1. The fraction of sp³-hybridized carbons (Fsp3) is 0.545. The highest BCUT2D eigenvalue weighted by atomic mass is 16.5. The van der Waals surface area contributed by atoms with E-state index in [1.807, 2.05) is 11.8 Å². The van der Waals surface area contributed by atoms with Crippen molar-refractivity contribution in [3.8, 4) is 5.88 Å². The molecule has 2 rings (SSSR count). The molecule has 0 unspecified atom stereocenters. The molecular weight excluding hydrogens is 222 g/mol. The smallest absolute Gasteiger partial charge is 0.323 e. The third-order valence-electron chi connectivity index (χ3n) is 2.77. The Morgan fingerprint density at radius 1 is 1.59 bits per heavy atom. The van der Waals surface area contributed by atoms with Gasteiger partial charge in [-0.25, -0.2) is 9.97 Å². The highest BCUT2D eigenvalue weighted by Gasteiger charge is 2.32. The lowest BCUT2D eigenvalue weighted by atomic mass is 10.3. The molecule has 6 heteroatoms. The number of hydrogen-bond donors (Lipinski definition) is 1. The predicted octanol–water partition coefficient (Wildman–Crippen LogP) is 0.847. The molecule has 0 saturated heterocycles. The van der Waals surface area contributed by atoms with Crippen LogP contribution in [0.25, 0.3) is 0 Å². The first-order valence-electron chi connectivity index (χ1n) is 5.47. The summed E-state index contributed by atoms with van der Waals surface area (Å²) in [7, 11) is 1.54. The van der Waals surface area contributed by atoms with Crippen LogP contribution in [0, 0.1) is 6.92 Å². The van der Waals surface area contributed by atoms with Gasteiger partial charge in [-0.15, -0.1) is 0 Å². The number of aromatic nitrogens is 2. The van der Waals surface area contributed by atoms with E-state index < -0.39 is 5.97 Å². The monoisotopic (exact) mass is 237 g/mol. The molecule has 0 aliphatic heterocycles. The normalized spacial score (nSPS) is 14.5. The first-order valence-corrected chi connectivity index (χ1v) is 5.47. The highest BCUT2D eigenvalue weighted by molar-refractivity contribution is 5.74. The number of carboxylic acids is 1. The third-order valence-corrected chi connectivity index (χ3v) is 2.77. The van der Waals surface area contributed by atoms with Crippen LogP contribution in [0.15, 0.2) is 6.33 Å². The summed E-state index contributed by atoms with van der Waals surface area (Å²) in [5, 5.41) is 8.92. The van der Waals surface area contributed by atoms with Crippen LogP contribution in [-0.4, -0.2) is 40.7 Å². The molecule has 0 radical (unpaired) electrons. The zero-order valence-corrected chi connectivity index (χ0v) is 9.88. The minimum Gasteiger partial charge on any atom is -0.481 e. The van der Waals surface area contributed by atoms with Crippen molar-refractivity contribution in [1.29, 1.82) is 0 Å². The van der Waals surface area contributed by atoms with Crippen molar-refractivity contribution < 1.29 is 14.6 Å². The fourth-order valence-electron chi connectivity index (χ4n) is 1.83. The second kappa shape index (κ2) is 4.57. The number of carboxylic acid groups (broad SMARTS) is 1. The Balaban J connectivity index is 2.31. The molecular formula is C11H15N3O3. The summed E-state index contributed by atoms with van der Waals surface area (Å²) in [6.07, 6.45) is 3.43. The van der Waals surface area contributed by atoms with E-state index in [1.165, 1.54) is 13.4 Å². The molecule has 0 aromatic carbocycles. The number of methoxy groups -OCH3 is 1. The van der Waals surface area contributed by atoms with E-state index in [4.69, 9.17) is 9.84 Å². The van der Waals surface area contributed by atoms with Gasteiger partial charge in [0.15, 0.2) is 0 Å². The number of carbonyl (C=O) groups is 1. The van der Waals surface area contributed by atoms with Gasteiger partial charge in [0.1, 0.15) is 18.7 Å². The topological polar surface area (TPSA) is 75.6 Å². The van der Waals surface area contributed by atoms with Crippen molar-refractivity contribution in [3.63, 3.8) is 0 Å². The summed E-state index contributed by atoms with van der Waals surface area (Å²) < 4.78 is 5.12. The lowest BCUT2D eigenvalue weighted by molar-refractivity contribution is -0.135. The van der Waals surface area contributed by atoms with Gasteiger partial charge >= 0.3 is 5.97 Å². The maximum absolute atomic E-state index is 10.9. The van der Waals surface area contributed by atoms with Crippen LogP contribution in [0.3, 0.4) is 0 Å². The minimum absolute atomic E-state index is 0.0360. The summed E-state index contributed by atoms with van der Waals surface area (Å²) in [6, 6.07) is 0.282. The Labute approximate surface area is 99.2 Å². The maximum Gasteiger partial charge on any atom is 0.323 e. The molecule has 1 aromatic heterocycles. The molecule has 1 fully saturated rings. The second-order valence-electron chi connectivity index (χ2n) is 4.08. The van der Waals surface area contributed by atoms with Gasteiger partial charge in [-0.05, 0) is 19.8 Å². The zero-order valence-electron chi connectivity index (χ0n) is 9.88. The predicted molar refractivity (Wildman–Crippen MR) is 61.3 cm³/mol. The van der Waals surface area contributed by atoms with Crippen LogP contribution in [0.2, 0.25) is 0 Å². The van der Waals surface area contributed by atoms with Gasteiger partial charge < -0.3 is 14.7 Å². The van der Waals surface area contributed by atoms with Crippen LogP contribution in [0.4, 0.5) is 5.82 Å². The Morgan fingerprint density at radius 2 is 2.29 bits per heavy atom. The van der Waals surface area contributed by atoms with Crippen LogP contribution in [0.5, 0.6) is 5.88 Å². The van der Waals surface area contributed by atoms with Gasteiger partial charge in [-0.3, -0.25) is 4.79 Å². The van der Waals surface area contributed by atoms with E-state index in [2.05, 4.69) is 9.97 Å². The molecule has 92 valence electrons. The van der Waals surface area contributed by atoms with Crippen molar-refractivity contribution in [1.82, 2.24) is 9.97 Å². The lowest BCUT2D eigenvalue weighted by Crippen LogP contribution is -2.33. The highest BCUT2D eigenvalue weighted by Crippen LogP contribution is 2.33. The van der Waals surface area contributed by atoms with Gasteiger partial charge in [0.25, 0.3) is 0 Å². The lowest BCUT2D eigenvalue weighted by Gasteiger charge is -2.23. The Bertz CT molecular complexity index is 432. The maximum atomic E-state index is 10.9. The Kier molecular flexibility index (Phi) is 3.12. The summed E-state index contributed by atoms with van der Waals surface area (Å²) in [5.74, 6) is 0.293. The summed E-state index contributed by atoms with van der Waals surface area (Å²) in [5.41, 5.74) is 0.781. The molecule has 6 nitrogen and oxygen atoms in total. The standard InChI is InChI=1S/C11H15N3O3/c1-7-10(12-6-13-11(7)17-2)14(5-9(15)16)8-3-4-8/h6,8H,3-5H2,1-2H3,(H,15,16). The van der Waals surface area contributed by atoms with E-state index in [0.717, 1.165) is 18.4 Å². The van der Waals surface area contributed by atoms with Crippen molar-refractivity contribution in [3.05, 3.63) is 11.9 Å². The zero-order chi connectivity index (χ0) is 12.4. The number of anilines is 1. The van der Waals surface area contributed by atoms with Crippen molar-refractivity contribution in [2.45, 2.75) is 25.8 Å². The van der Waals surface area contributed by atoms with Crippen molar-refractivity contribution >= 4 is 11.8 Å². The fourth-order valence-corrected chi connectivity index (χ4v) is 1.83. The van der Waals surface area contributed by atoms with Crippen LogP contribution in [-0.2, 0) is 4.79 Å². The molecule has 1 aliphatic rings. The molecule has 17 heavy (non-hydrogen) atoms. The summed E-state index contributed by atoms with van der Waals surface area (Å²) in [6.45, 7) is 1.80. The number of nitrogens with zero attached hydrogens (tertiary/aromatic N) is 3. The van der Waals surface area contributed by atoms with E-state index in [-0.39, 0.29) is 12.6 Å². The van der Waals surface area contributed by atoms with E-state index in [0.29, 0.717) is 11.7 Å². The molecule has 1 saturated carbocycles. The number of hydrogen-bond acceptors (Lipinski definition) is 5. The number of rotatable bonds is 5. The van der Waals surface area contributed by atoms with Gasteiger partial charge in [0.2, 0.25) is 5.88 Å². The van der Waals surface area contributed by atoms with Gasteiger partial charge in [0.05, 0.1) is 12.7 Å². The van der Waals surface area contributed by atoms with E-state index in [1.54, 1.807) is 0 Å². The van der Waals surface area contributed by atoms with E-state index >= 15 is 0 Å². The van der Waals surface area contributed by atoms with Crippen LogP contribution < -0.4 is 9.64 Å². The first kappa shape index (κ1) is 11.6. The summed E-state index contributed by atoms with van der Waals surface area (Å²) in [4.78, 5) is 20.8. The minimum atomic E-state index is -0.853. The SMILES string of the molecule is COc1ncnc(N(CC(=O)O)C2CC2)c1C. The van der Waals surface area contributed by atoms with Gasteiger partial charge in [0, 0.05) is 6.04 Å². The van der Waals surface area contributed by atoms with Crippen LogP contribution in [0.1, 0.15) is 18.4 Å². The van der Waals surface area contributed by atoms with Crippen molar-refractivity contribution in [2.75, 3.05) is 18.6 Å². The van der Waals surface area contributed by atoms with Crippen LogP contribution >= 0.6 is 0 Å². The second-order valence-corrected chi connectivity index (χ2v) is 4.08. The van der Waals surface area contributed by atoms with Crippen molar-refractivity contribution in [2.24, 2.45) is 0 Å². The Hall–Kier alpha value is -1.85. The van der Waals surface area contributed by atoms with Gasteiger partial charge in [-0.1, -0.05) is 0 Å². The Morgan fingerprint density at radius 3 is 2.82 bits per heavy atom. The average Bonchev–Trinajstić information content (AvgIpc) is 3.10. The van der Waals surface area contributed by atoms with E-state index in [9.17, 15) is 4.79 Å². The largest absolute Gasteiger partial charge is 0.481 e.